The van der Waals surface area contributed by atoms with Crippen LogP contribution in [-0.2, 0) is 23.9 Å². The number of hydrogen-bond donors (Lipinski definition) is 2. The molecule has 0 rings (SSSR count). The Hall–Kier alpha value is -2.38. The minimum Gasteiger partial charge on any atom is -0.460 e. The number of allylic oxidation sites excluding steroid dienone is 1. The minimum atomic E-state index is -0.878. The monoisotopic (exact) mass is 538 g/mol. The highest BCUT2D eigenvalue weighted by molar-refractivity contribution is 5.94. The zero-order valence-electron chi connectivity index (χ0n) is 25.1. The van der Waals surface area contributed by atoms with E-state index in [2.05, 4.69) is 17.2 Å². The van der Waals surface area contributed by atoms with E-state index in [-0.39, 0.29) is 24.5 Å². The van der Waals surface area contributed by atoms with Crippen molar-refractivity contribution in [3.8, 4) is 0 Å². The van der Waals surface area contributed by atoms with Crippen molar-refractivity contribution >= 4 is 23.8 Å². The number of alkyl carbamates (subject to hydrolysis) is 1. The first kappa shape index (κ1) is 35.6. The summed E-state index contributed by atoms with van der Waals surface area (Å²) in [5, 5.41) is 5.47. The van der Waals surface area contributed by atoms with Gasteiger partial charge in [-0.3, -0.25) is 14.4 Å². The second-order valence-electron chi connectivity index (χ2n) is 12.1. The quantitative estimate of drug-likeness (QED) is 0.110. The lowest BCUT2D eigenvalue weighted by molar-refractivity contribution is -0.155. The molecule has 1 atom stereocenters. The van der Waals surface area contributed by atoms with Crippen LogP contribution in [0.4, 0.5) is 4.79 Å². The van der Waals surface area contributed by atoms with E-state index in [9.17, 15) is 19.2 Å². The van der Waals surface area contributed by atoms with Crippen LogP contribution in [0.3, 0.4) is 0 Å². The number of hydrogen-bond acceptors (Lipinski definition) is 6. The molecule has 0 aromatic rings. The van der Waals surface area contributed by atoms with Gasteiger partial charge < -0.3 is 20.1 Å². The molecule has 8 heteroatoms. The zero-order chi connectivity index (χ0) is 29.2. The Bertz CT molecular complexity index is 749. The van der Waals surface area contributed by atoms with E-state index in [0.29, 0.717) is 18.5 Å². The largest absolute Gasteiger partial charge is 0.460 e. The molecule has 0 heterocycles. The van der Waals surface area contributed by atoms with Crippen LogP contribution < -0.4 is 10.6 Å². The molecular formula is C30H54N2O6. The molecule has 0 bridgehead atoms. The Kier molecular flexibility index (Phi) is 17.6. The van der Waals surface area contributed by atoms with Crippen molar-refractivity contribution in [2.45, 2.75) is 149 Å². The summed E-state index contributed by atoms with van der Waals surface area (Å²) in [6, 6.07) is -0.878. The first-order chi connectivity index (χ1) is 17.6. The first-order valence-corrected chi connectivity index (χ1v) is 14.3. The van der Waals surface area contributed by atoms with E-state index < -0.39 is 29.3 Å². The molecule has 0 saturated heterocycles. The fourth-order valence-electron chi connectivity index (χ4n) is 3.75. The molecular weight excluding hydrogens is 484 g/mol. The van der Waals surface area contributed by atoms with Gasteiger partial charge in [0, 0.05) is 19.4 Å². The Morgan fingerprint density at radius 1 is 0.711 bits per heavy atom. The number of unbranched alkanes of at least 4 members (excludes halogenated alkanes) is 9. The molecule has 0 saturated carbocycles. The van der Waals surface area contributed by atoms with Gasteiger partial charge in [0.1, 0.15) is 17.2 Å². The Morgan fingerprint density at radius 3 is 1.66 bits per heavy atom. The topological polar surface area (TPSA) is 111 Å². The lowest BCUT2D eigenvalue weighted by Gasteiger charge is -2.24. The number of ketones is 1. The second-order valence-corrected chi connectivity index (χ2v) is 12.1. The van der Waals surface area contributed by atoms with Gasteiger partial charge in [0.15, 0.2) is 5.78 Å². The first-order valence-electron chi connectivity index (χ1n) is 14.3. The smallest absolute Gasteiger partial charge is 0.408 e. The molecule has 0 radical (unpaired) electrons. The number of Topliss-reactive ketones (excluding diaryl/α,β-unsaturated/α-hetero) is 1. The lowest BCUT2D eigenvalue weighted by atomic mass is 10.0. The van der Waals surface area contributed by atoms with Gasteiger partial charge in [-0.15, -0.1) is 0 Å². The minimum absolute atomic E-state index is 0.0117. The molecule has 2 N–H and O–H groups in total. The van der Waals surface area contributed by atoms with Crippen LogP contribution in [0.1, 0.15) is 132 Å². The van der Waals surface area contributed by atoms with Crippen LogP contribution in [0.5, 0.6) is 0 Å². The molecule has 0 aromatic carbocycles. The van der Waals surface area contributed by atoms with Crippen molar-refractivity contribution < 1.29 is 28.7 Å². The van der Waals surface area contributed by atoms with Crippen molar-refractivity contribution in [1.82, 2.24) is 10.6 Å². The van der Waals surface area contributed by atoms with Gasteiger partial charge in [0.2, 0.25) is 5.91 Å². The predicted octanol–water partition coefficient (Wildman–Crippen LogP) is 6.55. The second kappa shape index (κ2) is 18.8. The number of nitrogens with one attached hydrogen (secondary N) is 2. The van der Waals surface area contributed by atoms with E-state index in [0.717, 1.165) is 32.1 Å². The summed E-state index contributed by atoms with van der Waals surface area (Å²) in [6.45, 7) is 16.6. The summed E-state index contributed by atoms with van der Waals surface area (Å²) in [5.74, 6) is -0.569. The fourth-order valence-corrected chi connectivity index (χ4v) is 3.75. The van der Waals surface area contributed by atoms with E-state index >= 15 is 0 Å². The number of rotatable bonds is 19. The molecule has 0 spiro atoms. The van der Waals surface area contributed by atoms with Crippen LogP contribution in [0.15, 0.2) is 12.2 Å². The van der Waals surface area contributed by atoms with Gasteiger partial charge in [-0.2, -0.15) is 0 Å². The Balaban J connectivity index is 4.19. The molecule has 0 fully saturated rings. The van der Waals surface area contributed by atoms with Gasteiger partial charge >= 0.3 is 12.1 Å². The summed E-state index contributed by atoms with van der Waals surface area (Å²) in [6.07, 6.45) is 11.0. The molecule has 0 aromatic heterocycles. The Morgan fingerprint density at radius 2 is 1.18 bits per heavy atom. The van der Waals surface area contributed by atoms with Gasteiger partial charge in [-0.05, 0) is 73.3 Å². The normalized spacial score (nSPS) is 12.4. The average Bonchev–Trinajstić information content (AvgIpc) is 2.76. The van der Waals surface area contributed by atoms with E-state index in [1.54, 1.807) is 48.5 Å². The van der Waals surface area contributed by atoms with Crippen molar-refractivity contribution in [3.05, 3.63) is 12.2 Å². The van der Waals surface area contributed by atoms with Gasteiger partial charge in [-0.1, -0.05) is 57.9 Å². The maximum Gasteiger partial charge on any atom is 0.408 e. The SMILES string of the molecule is C=C(C)C(=O)CCCCCCCCCCCCNC(=O)[C@H](CCC(=O)OC(C)(C)C)NC(=O)OC(C)(C)C. The predicted molar refractivity (Wildman–Crippen MR) is 152 cm³/mol. The fraction of sp³-hybridized carbons (Fsp3) is 0.800. The molecule has 220 valence electrons. The molecule has 8 nitrogen and oxygen atoms in total. The maximum absolute atomic E-state index is 12.7. The molecule has 0 aliphatic rings. The average molecular weight is 539 g/mol. The third kappa shape index (κ3) is 21.7. The third-order valence-corrected chi connectivity index (χ3v) is 5.67. The van der Waals surface area contributed by atoms with Gasteiger partial charge in [0.25, 0.3) is 0 Å². The van der Waals surface area contributed by atoms with Crippen molar-refractivity contribution in [1.29, 1.82) is 0 Å². The van der Waals surface area contributed by atoms with E-state index in [4.69, 9.17) is 9.47 Å². The van der Waals surface area contributed by atoms with E-state index in [1.807, 2.05) is 0 Å². The van der Waals surface area contributed by atoms with Crippen molar-refractivity contribution in [2.75, 3.05) is 6.54 Å². The van der Waals surface area contributed by atoms with E-state index in [1.165, 1.54) is 32.1 Å². The molecule has 2 amide bonds. The third-order valence-electron chi connectivity index (χ3n) is 5.67. The molecule has 0 unspecified atom stereocenters. The van der Waals surface area contributed by atoms with Crippen LogP contribution in [0.2, 0.25) is 0 Å². The summed E-state index contributed by atoms with van der Waals surface area (Å²) in [7, 11) is 0. The van der Waals surface area contributed by atoms with Crippen molar-refractivity contribution in [3.63, 3.8) is 0 Å². The standard InChI is InChI=1S/C30H54N2O6/c1-23(2)25(33)19-17-15-13-11-9-10-12-14-16-18-22-31-27(35)24(32-28(36)38-30(6,7)8)20-21-26(34)37-29(3,4)5/h24H,1,9-22H2,2-8H3,(H,31,35)(H,32,36)/t24-/m0/s1. The molecule has 38 heavy (non-hydrogen) atoms. The zero-order valence-corrected chi connectivity index (χ0v) is 25.1. The summed E-state index contributed by atoms with van der Waals surface area (Å²) in [4.78, 5) is 48.6. The number of esters is 1. The van der Waals surface area contributed by atoms with Crippen LogP contribution >= 0.6 is 0 Å². The highest BCUT2D eigenvalue weighted by Gasteiger charge is 2.26. The number of carbonyl (C=O) groups is 4. The molecule has 0 aliphatic carbocycles. The van der Waals surface area contributed by atoms with Crippen LogP contribution in [0.25, 0.3) is 0 Å². The summed E-state index contributed by atoms with van der Waals surface area (Å²) < 4.78 is 10.6. The van der Waals surface area contributed by atoms with Gasteiger partial charge in [0.05, 0.1) is 0 Å². The summed E-state index contributed by atoms with van der Waals surface area (Å²) >= 11 is 0. The summed E-state index contributed by atoms with van der Waals surface area (Å²) in [5.41, 5.74) is -0.652. The number of amides is 2. The van der Waals surface area contributed by atoms with Crippen LogP contribution in [0, 0.1) is 0 Å². The highest BCUT2D eigenvalue weighted by atomic mass is 16.6. The number of ether oxygens (including phenoxy) is 2. The van der Waals surface area contributed by atoms with Crippen molar-refractivity contribution in [2.24, 2.45) is 0 Å². The lowest BCUT2D eigenvalue weighted by Crippen LogP contribution is -2.48. The highest BCUT2D eigenvalue weighted by Crippen LogP contribution is 2.13. The van der Waals surface area contributed by atoms with Gasteiger partial charge in [-0.25, -0.2) is 4.79 Å². The molecule has 0 aliphatic heterocycles. The Labute approximate surface area is 231 Å². The number of carbonyl (C=O) groups excluding carboxylic acids is 4. The maximum atomic E-state index is 12.7. The van der Waals surface area contributed by atoms with Crippen LogP contribution in [-0.4, -0.2) is 47.5 Å².